The van der Waals surface area contributed by atoms with Gasteiger partial charge in [0.2, 0.25) is 6.41 Å². The summed E-state index contributed by atoms with van der Waals surface area (Å²) in [6.45, 7) is 0. The molecule has 1 amide bonds. The van der Waals surface area contributed by atoms with Crippen LogP contribution in [0.4, 0.5) is 0 Å². The molecule has 6 heteroatoms. The maximum atomic E-state index is 11.6. The molecule has 2 bridgehead atoms. The molecule has 1 aromatic rings. The summed E-state index contributed by atoms with van der Waals surface area (Å²) >= 11 is 0. The van der Waals surface area contributed by atoms with Crippen molar-refractivity contribution in [3.8, 4) is 0 Å². The summed E-state index contributed by atoms with van der Waals surface area (Å²) in [6, 6.07) is 9.85. The molecule has 4 atom stereocenters. The average Bonchev–Trinajstić information content (AvgIpc) is 3.15. The zero-order chi connectivity index (χ0) is 15.5. The second-order valence-electron chi connectivity index (χ2n) is 6.23. The minimum Gasteiger partial charge on any atom is -0.426 e. The van der Waals surface area contributed by atoms with Gasteiger partial charge in [-0.15, -0.1) is 0 Å². The lowest BCUT2D eigenvalue weighted by molar-refractivity contribution is -0.123. The number of rotatable bonds is 7. The summed E-state index contributed by atoms with van der Waals surface area (Å²) in [6.07, 6.45) is 5.05. The molecule has 0 radical (unpaired) electrons. The number of nitrogens with zero attached hydrogens (tertiary/aromatic N) is 1. The van der Waals surface area contributed by atoms with E-state index in [1.807, 2.05) is 30.3 Å². The van der Waals surface area contributed by atoms with E-state index in [-0.39, 0.29) is 18.2 Å². The second kappa shape index (κ2) is 6.81. The molecule has 118 valence electrons. The number of ether oxygens (including phenoxy) is 1. The molecular formula is C16H22BNO4. The van der Waals surface area contributed by atoms with E-state index in [1.54, 1.807) is 4.90 Å². The van der Waals surface area contributed by atoms with Gasteiger partial charge < -0.3 is 19.7 Å². The van der Waals surface area contributed by atoms with Gasteiger partial charge in [-0.2, -0.15) is 0 Å². The van der Waals surface area contributed by atoms with Crippen LogP contribution in [0.2, 0.25) is 0 Å². The molecule has 2 saturated heterocycles. The van der Waals surface area contributed by atoms with Crippen molar-refractivity contribution in [1.29, 1.82) is 0 Å². The average molecular weight is 303 g/mol. The molecule has 5 nitrogen and oxygen atoms in total. The minimum atomic E-state index is -1.53. The van der Waals surface area contributed by atoms with E-state index in [1.165, 1.54) is 0 Å². The molecule has 0 spiro atoms. The maximum Gasteiger partial charge on any atom is 0.475 e. The predicted molar refractivity (Wildman–Crippen MR) is 82.9 cm³/mol. The van der Waals surface area contributed by atoms with E-state index in [0.29, 0.717) is 12.8 Å². The van der Waals surface area contributed by atoms with Crippen molar-refractivity contribution in [2.45, 2.75) is 56.3 Å². The third-order valence-electron chi connectivity index (χ3n) is 4.88. The standard InChI is InChI=1S/C16H22BNO4/c19-11-18(14-10-13-7-8-15(14)22-13)16(17(20)21)9-6-12-4-2-1-3-5-12/h1-5,11,13-16,20-21H,6-10H2/t13-,14-,15+,16+/m1/s1. The Balaban J connectivity index is 1.67. The van der Waals surface area contributed by atoms with Gasteiger partial charge in [0.25, 0.3) is 0 Å². The van der Waals surface area contributed by atoms with Crippen LogP contribution < -0.4 is 0 Å². The van der Waals surface area contributed by atoms with E-state index < -0.39 is 13.1 Å². The molecule has 2 aliphatic rings. The summed E-state index contributed by atoms with van der Waals surface area (Å²) in [7, 11) is -1.53. The number of benzene rings is 1. The van der Waals surface area contributed by atoms with Gasteiger partial charge in [0.15, 0.2) is 0 Å². The Morgan fingerprint density at radius 3 is 2.64 bits per heavy atom. The molecule has 3 rings (SSSR count). The van der Waals surface area contributed by atoms with E-state index in [9.17, 15) is 14.8 Å². The SMILES string of the molecule is O=CN([C@@H]1C[C@H]2CC[C@@H]1O2)[C@@H](CCc1ccccc1)B(O)O. The maximum absolute atomic E-state index is 11.6. The fourth-order valence-corrected chi connectivity index (χ4v) is 3.74. The highest BCUT2D eigenvalue weighted by atomic mass is 16.5. The van der Waals surface area contributed by atoms with Gasteiger partial charge in [-0.1, -0.05) is 30.3 Å². The number of carbonyl (C=O) groups is 1. The Morgan fingerprint density at radius 1 is 1.32 bits per heavy atom. The van der Waals surface area contributed by atoms with Crippen molar-refractivity contribution >= 4 is 13.5 Å². The molecule has 0 aliphatic carbocycles. The van der Waals surface area contributed by atoms with Crippen LogP contribution in [-0.4, -0.2) is 52.7 Å². The Bertz CT molecular complexity index is 498. The first-order valence-corrected chi connectivity index (χ1v) is 7.97. The molecule has 0 aromatic heterocycles. The van der Waals surface area contributed by atoms with Crippen molar-refractivity contribution in [2.24, 2.45) is 0 Å². The van der Waals surface area contributed by atoms with Crippen LogP contribution in [0, 0.1) is 0 Å². The molecule has 2 N–H and O–H groups in total. The first-order chi connectivity index (χ1) is 10.7. The quantitative estimate of drug-likeness (QED) is 0.577. The number of hydrogen-bond donors (Lipinski definition) is 2. The van der Waals surface area contributed by atoms with Crippen molar-refractivity contribution in [2.75, 3.05) is 0 Å². The van der Waals surface area contributed by atoms with Gasteiger partial charge >= 0.3 is 7.12 Å². The molecule has 2 heterocycles. The van der Waals surface area contributed by atoms with Gasteiger partial charge in [0.05, 0.1) is 24.2 Å². The Hall–Kier alpha value is -1.37. The van der Waals surface area contributed by atoms with Crippen LogP contribution in [0.3, 0.4) is 0 Å². The summed E-state index contributed by atoms with van der Waals surface area (Å²) < 4.78 is 5.80. The highest BCUT2D eigenvalue weighted by Gasteiger charge is 2.46. The van der Waals surface area contributed by atoms with Gasteiger partial charge in [-0.25, -0.2) is 0 Å². The van der Waals surface area contributed by atoms with E-state index >= 15 is 0 Å². The zero-order valence-electron chi connectivity index (χ0n) is 12.5. The summed E-state index contributed by atoms with van der Waals surface area (Å²) in [5.74, 6) is -0.592. The summed E-state index contributed by atoms with van der Waals surface area (Å²) in [5, 5.41) is 19.5. The number of fused-ring (bicyclic) bond motifs is 2. The molecular weight excluding hydrogens is 281 g/mol. The van der Waals surface area contributed by atoms with Crippen LogP contribution in [0.25, 0.3) is 0 Å². The Labute approximate surface area is 131 Å². The molecule has 22 heavy (non-hydrogen) atoms. The first kappa shape index (κ1) is 15.5. The van der Waals surface area contributed by atoms with Crippen LogP contribution in [0.1, 0.15) is 31.2 Å². The number of hydrogen-bond acceptors (Lipinski definition) is 4. The third kappa shape index (κ3) is 3.19. The predicted octanol–water partition coefficient (Wildman–Crippen LogP) is 0.778. The Morgan fingerprint density at radius 2 is 2.09 bits per heavy atom. The van der Waals surface area contributed by atoms with Crippen LogP contribution in [0.15, 0.2) is 30.3 Å². The first-order valence-electron chi connectivity index (χ1n) is 7.97. The fourth-order valence-electron chi connectivity index (χ4n) is 3.74. The summed E-state index contributed by atoms with van der Waals surface area (Å²) in [4.78, 5) is 13.2. The molecule has 2 fully saturated rings. The van der Waals surface area contributed by atoms with Gasteiger partial charge in [-0.3, -0.25) is 4.79 Å². The molecule has 0 unspecified atom stereocenters. The molecule has 1 aromatic carbocycles. The summed E-state index contributed by atoms with van der Waals surface area (Å²) in [5.41, 5.74) is 1.13. The zero-order valence-corrected chi connectivity index (χ0v) is 12.5. The number of amides is 1. The highest BCUT2D eigenvalue weighted by Crippen LogP contribution is 2.37. The van der Waals surface area contributed by atoms with Gasteiger partial charge in [-0.05, 0) is 37.7 Å². The van der Waals surface area contributed by atoms with Gasteiger partial charge in [0.1, 0.15) is 0 Å². The molecule has 2 aliphatic heterocycles. The second-order valence-corrected chi connectivity index (χ2v) is 6.23. The van der Waals surface area contributed by atoms with Gasteiger partial charge in [0, 0.05) is 0 Å². The smallest absolute Gasteiger partial charge is 0.426 e. The highest BCUT2D eigenvalue weighted by molar-refractivity contribution is 6.43. The number of aryl methyl sites for hydroxylation is 1. The van der Waals surface area contributed by atoms with Crippen molar-refractivity contribution in [3.05, 3.63) is 35.9 Å². The van der Waals surface area contributed by atoms with Crippen LogP contribution >= 0.6 is 0 Å². The third-order valence-corrected chi connectivity index (χ3v) is 4.88. The monoisotopic (exact) mass is 303 g/mol. The lowest BCUT2D eigenvalue weighted by Crippen LogP contribution is -2.53. The van der Waals surface area contributed by atoms with Crippen molar-refractivity contribution < 1.29 is 19.6 Å². The largest absolute Gasteiger partial charge is 0.475 e. The van der Waals surface area contributed by atoms with E-state index in [4.69, 9.17) is 4.74 Å². The van der Waals surface area contributed by atoms with E-state index in [0.717, 1.165) is 31.2 Å². The van der Waals surface area contributed by atoms with E-state index in [2.05, 4.69) is 0 Å². The van der Waals surface area contributed by atoms with Crippen molar-refractivity contribution in [3.63, 3.8) is 0 Å². The molecule has 0 saturated carbocycles. The van der Waals surface area contributed by atoms with Crippen molar-refractivity contribution in [1.82, 2.24) is 4.90 Å². The topological polar surface area (TPSA) is 70.0 Å². The van der Waals surface area contributed by atoms with Crippen LogP contribution in [-0.2, 0) is 16.0 Å². The number of carbonyl (C=O) groups excluding carboxylic acids is 1. The minimum absolute atomic E-state index is 0.0289. The van der Waals surface area contributed by atoms with Crippen LogP contribution in [0.5, 0.6) is 0 Å². The lowest BCUT2D eigenvalue weighted by Gasteiger charge is -2.36. The fraction of sp³-hybridized carbons (Fsp3) is 0.562. The Kier molecular flexibility index (Phi) is 4.81. The normalized spacial score (nSPS) is 27.6. The lowest BCUT2D eigenvalue weighted by atomic mass is 9.74.